The minimum Gasteiger partial charge on any atom is -0.368 e. The zero-order chi connectivity index (χ0) is 11.7. The largest absolute Gasteiger partial charge is 0.368 e. The number of anilines is 1. The topological polar surface area (TPSA) is 20.3 Å². The molecule has 0 saturated carbocycles. The van der Waals surface area contributed by atoms with E-state index in [1.54, 1.807) is 11.8 Å². The summed E-state index contributed by atoms with van der Waals surface area (Å²) in [4.78, 5) is 12.9. The SMILES string of the molecule is Cc1cc(N2CCC(=O)CC2)c(F)cc1F. The van der Waals surface area contributed by atoms with Crippen LogP contribution < -0.4 is 4.90 Å². The van der Waals surface area contributed by atoms with Crippen LogP contribution in [-0.2, 0) is 4.79 Å². The molecule has 0 aliphatic carbocycles. The van der Waals surface area contributed by atoms with Gasteiger partial charge in [0.1, 0.15) is 17.4 Å². The van der Waals surface area contributed by atoms with Crippen molar-refractivity contribution in [2.75, 3.05) is 18.0 Å². The highest BCUT2D eigenvalue weighted by atomic mass is 19.1. The molecule has 0 spiro atoms. The number of nitrogens with zero attached hydrogens (tertiary/aromatic N) is 1. The third-order valence-electron chi connectivity index (χ3n) is 2.89. The van der Waals surface area contributed by atoms with Crippen molar-refractivity contribution >= 4 is 11.5 Å². The van der Waals surface area contributed by atoms with Crippen LogP contribution in [0, 0.1) is 18.6 Å². The molecule has 0 atom stereocenters. The van der Waals surface area contributed by atoms with Gasteiger partial charge < -0.3 is 4.90 Å². The van der Waals surface area contributed by atoms with Crippen LogP contribution in [0.2, 0.25) is 0 Å². The number of rotatable bonds is 1. The molecule has 0 aromatic heterocycles. The fourth-order valence-electron chi connectivity index (χ4n) is 1.88. The Morgan fingerprint density at radius 2 is 1.75 bits per heavy atom. The molecule has 4 heteroatoms. The zero-order valence-electron chi connectivity index (χ0n) is 9.09. The van der Waals surface area contributed by atoms with Crippen molar-refractivity contribution in [3.8, 4) is 0 Å². The molecule has 1 aromatic carbocycles. The van der Waals surface area contributed by atoms with Gasteiger partial charge in [-0.2, -0.15) is 0 Å². The molecule has 86 valence electrons. The lowest BCUT2D eigenvalue weighted by Crippen LogP contribution is -2.34. The van der Waals surface area contributed by atoms with Crippen LogP contribution in [0.1, 0.15) is 18.4 Å². The van der Waals surface area contributed by atoms with Crippen molar-refractivity contribution in [3.05, 3.63) is 29.3 Å². The van der Waals surface area contributed by atoms with Crippen molar-refractivity contribution in [3.63, 3.8) is 0 Å². The average molecular weight is 225 g/mol. The lowest BCUT2D eigenvalue weighted by atomic mass is 10.1. The van der Waals surface area contributed by atoms with E-state index < -0.39 is 11.6 Å². The Balaban J connectivity index is 2.26. The smallest absolute Gasteiger partial charge is 0.149 e. The highest BCUT2D eigenvalue weighted by Crippen LogP contribution is 2.25. The fourth-order valence-corrected chi connectivity index (χ4v) is 1.88. The van der Waals surface area contributed by atoms with Gasteiger partial charge >= 0.3 is 0 Å². The normalized spacial score (nSPS) is 16.7. The highest BCUT2D eigenvalue weighted by Gasteiger charge is 2.19. The summed E-state index contributed by atoms with van der Waals surface area (Å²) in [6.07, 6.45) is 0.881. The second kappa shape index (κ2) is 4.20. The molecule has 0 unspecified atom stereocenters. The molecule has 1 fully saturated rings. The molecule has 1 aliphatic rings. The Bertz CT molecular complexity index is 421. The minimum atomic E-state index is -0.558. The van der Waals surface area contributed by atoms with Crippen LogP contribution in [0.25, 0.3) is 0 Å². The number of benzene rings is 1. The van der Waals surface area contributed by atoms with Gasteiger partial charge in [0.15, 0.2) is 0 Å². The summed E-state index contributed by atoms with van der Waals surface area (Å²) in [6, 6.07) is 2.40. The van der Waals surface area contributed by atoms with E-state index >= 15 is 0 Å². The summed E-state index contributed by atoms with van der Waals surface area (Å²) in [7, 11) is 0. The van der Waals surface area contributed by atoms with Crippen molar-refractivity contribution < 1.29 is 13.6 Å². The fraction of sp³-hybridized carbons (Fsp3) is 0.417. The number of carbonyl (C=O) groups excluding carboxylic acids is 1. The quantitative estimate of drug-likeness (QED) is 0.731. The van der Waals surface area contributed by atoms with Gasteiger partial charge in [-0.3, -0.25) is 4.79 Å². The highest BCUT2D eigenvalue weighted by molar-refractivity contribution is 5.81. The maximum atomic E-state index is 13.5. The number of hydrogen-bond donors (Lipinski definition) is 0. The van der Waals surface area contributed by atoms with Gasteiger partial charge in [0.25, 0.3) is 0 Å². The Morgan fingerprint density at radius 3 is 2.38 bits per heavy atom. The van der Waals surface area contributed by atoms with Crippen LogP contribution in [0.5, 0.6) is 0 Å². The lowest BCUT2D eigenvalue weighted by molar-refractivity contribution is -0.119. The molecule has 1 saturated heterocycles. The maximum Gasteiger partial charge on any atom is 0.149 e. The van der Waals surface area contributed by atoms with E-state index in [1.165, 1.54) is 6.07 Å². The Kier molecular flexibility index (Phi) is 2.90. The standard InChI is InChI=1S/C12H13F2NO/c1-8-6-12(11(14)7-10(8)13)15-4-2-9(16)3-5-15/h6-7H,2-5H2,1H3. The molecule has 2 nitrogen and oxygen atoms in total. The van der Waals surface area contributed by atoms with Crippen LogP contribution in [0.4, 0.5) is 14.5 Å². The Hall–Kier alpha value is -1.45. The molecular formula is C12H13F2NO. The molecular weight excluding hydrogens is 212 g/mol. The van der Waals surface area contributed by atoms with E-state index in [9.17, 15) is 13.6 Å². The van der Waals surface area contributed by atoms with Crippen LogP contribution in [0.15, 0.2) is 12.1 Å². The number of ketones is 1. The van der Waals surface area contributed by atoms with E-state index in [0.717, 1.165) is 6.07 Å². The second-order valence-corrected chi connectivity index (χ2v) is 4.08. The van der Waals surface area contributed by atoms with Gasteiger partial charge in [-0.15, -0.1) is 0 Å². The second-order valence-electron chi connectivity index (χ2n) is 4.08. The number of Topliss-reactive ketones (excluding diaryl/α,β-unsaturated/α-hetero) is 1. The summed E-state index contributed by atoms with van der Waals surface area (Å²) >= 11 is 0. The van der Waals surface area contributed by atoms with Gasteiger partial charge in [0.05, 0.1) is 5.69 Å². The average Bonchev–Trinajstić information content (AvgIpc) is 2.25. The summed E-state index contributed by atoms with van der Waals surface area (Å²) in [6.45, 7) is 2.63. The first kappa shape index (κ1) is 11.0. The van der Waals surface area contributed by atoms with Gasteiger partial charge in [-0.25, -0.2) is 8.78 Å². The van der Waals surface area contributed by atoms with Crippen molar-refractivity contribution in [2.45, 2.75) is 19.8 Å². The van der Waals surface area contributed by atoms with Crippen LogP contribution in [0.3, 0.4) is 0 Å². The third-order valence-corrected chi connectivity index (χ3v) is 2.89. The zero-order valence-corrected chi connectivity index (χ0v) is 9.09. The third kappa shape index (κ3) is 2.05. The monoisotopic (exact) mass is 225 g/mol. The molecule has 1 aliphatic heterocycles. The molecule has 0 amide bonds. The number of aryl methyl sites for hydroxylation is 1. The molecule has 1 aromatic rings. The van der Waals surface area contributed by atoms with E-state index in [4.69, 9.17) is 0 Å². The molecule has 2 rings (SSSR count). The first-order chi connectivity index (χ1) is 7.58. The van der Waals surface area contributed by atoms with Gasteiger partial charge in [0.2, 0.25) is 0 Å². The summed E-state index contributed by atoms with van der Waals surface area (Å²) < 4.78 is 26.6. The summed E-state index contributed by atoms with van der Waals surface area (Å²) in [5.74, 6) is -0.887. The van der Waals surface area contributed by atoms with E-state index in [0.29, 0.717) is 37.2 Å². The maximum absolute atomic E-state index is 13.5. The van der Waals surface area contributed by atoms with Crippen LogP contribution >= 0.6 is 0 Å². The van der Waals surface area contributed by atoms with Gasteiger partial charge in [-0.1, -0.05) is 0 Å². The number of halogens is 2. The van der Waals surface area contributed by atoms with Crippen molar-refractivity contribution in [1.29, 1.82) is 0 Å². The predicted octanol–water partition coefficient (Wildman–Crippen LogP) is 2.44. The summed E-state index contributed by atoms with van der Waals surface area (Å²) in [5, 5.41) is 0. The van der Waals surface area contributed by atoms with E-state index in [-0.39, 0.29) is 5.78 Å². The first-order valence-corrected chi connectivity index (χ1v) is 5.30. The van der Waals surface area contributed by atoms with E-state index in [2.05, 4.69) is 0 Å². The number of carbonyl (C=O) groups is 1. The molecule has 1 heterocycles. The first-order valence-electron chi connectivity index (χ1n) is 5.30. The van der Waals surface area contributed by atoms with Gasteiger partial charge in [0, 0.05) is 32.0 Å². The molecule has 0 radical (unpaired) electrons. The van der Waals surface area contributed by atoms with Gasteiger partial charge in [-0.05, 0) is 18.6 Å². The summed E-state index contributed by atoms with van der Waals surface area (Å²) in [5.41, 5.74) is 0.819. The molecule has 0 N–H and O–H groups in total. The number of hydrogen-bond acceptors (Lipinski definition) is 2. The van der Waals surface area contributed by atoms with Crippen molar-refractivity contribution in [1.82, 2.24) is 0 Å². The Morgan fingerprint density at radius 1 is 1.12 bits per heavy atom. The lowest BCUT2D eigenvalue weighted by Gasteiger charge is -2.28. The van der Waals surface area contributed by atoms with Crippen LogP contribution in [-0.4, -0.2) is 18.9 Å². The minimum absolute atomic E-state index is 0.204. The molecule has 16 heavy (non-hydrogen) atoms. The predicted molar refractivity (Wildman–Crippen MR) is 57.5 cm³/mol. The van der Waals surface area contributed by atoms with E-state index in [1.807, 2.05) is 0 Å². The Labute approximate surface area is 92.9 Å². The van der Waals surface area contributed by atoms with Crippen molar-refractivity contribution in [2.24, 2.45) is 0 Å². The molecule has 0 bridgehead atoms. The number of piperidine rings is 1.